The van der Waals surface area contributed by atoms with E-state index < -0.39 is 0 Å². The van der Waals surface area contributed by atoms with E-state index in [0.717, 1.165) is 18.8 Å². The fraction of sp³-hybridized carbons (Fsp3) is 0.533. The van der Waals surface area contributed by atoms with Gasteiger partial charge in [-0.1, -0.05) is 0 Å². The van der Waals surface area contributed by atoms with Gasteiger partial charge in [-0.3, -0.25) is 4.79 Å². The summed E-state index contributed by atoms with van der Waals surface area (Å²) in [7, 11) is 0. The number of amides is 1. The minimum absolute atomic E-state index is 0.0730. The predicted molar refractivity (Wildman–Crippen MR) is 77.6 cm³/mol. The lowest BCUT2D eigenvalue weighted by Crippen LogP contribution is -2.31. The van der Waals surface area contributed by atoms with Gasteiger partial charge in [-0.2, -0.15) is 0 Å². The standard InChI is InChI=1S/C15H22N2O2/c1-3-17(4-2)14-7-5-13(6-8-14)16-15(18)9-12-10-19-11-12/h5-8,12H,3-4,9-11H2,1-2H3,(H,16,18). The van der Waals surface area contributed by atoms with Crippen LogP contribution in [-0.4, -0.2) is 32.2 Å². The maximum absolute atomic E-state index is 11.8. The van der Waals surface area contributed by atoms with E-state index in [1.54, 1.807) is 0 Å². The quantitative estimate of drug-likeness (QED) is 0.856. The van der Waals surface area contributed by atoms with Gasteiger partial charge in [-0.05, 0) is 38.1 Å². The number of ether oxygens (including phenoxy) is 1. The highest BCUT2D eigenvalue weighted by atomic mass is 16.5. The third kappa shape index (κ3) is 3.70. The molecule has 4 nitrogen and oxygen atoms in total. The molecule has 4 heteroatoms. The van der Waals surface area contributed by atoms with E-state index >= 15 is 0 Å². The Kier molecular flexibility index (Phi) is 4.80. The van der Waals surface area contributed by atoms with Crippen LogP contribution in [0.15, 0.2) is 24.3 Å². The smallest absolute Gasteiger partial charge is 0.224 e. The first-order valence-electron chi connectivity index (χ1n) is 6.95. The van der Waals surface area contributed by atoms with Gasteiger partial charge in [0.15, 0.2) is 0 Å². The summed E-state index contributed by atoms with van der Waals surface area (Å²) >= 11 is 0. The molecule has 0 bridgehead atoms. The lowest BCUT2D eigenvalue weighted by atomic mass is 10.0. The second kappa shape index (κ2) is 6.57. The van der Waals surface area contributed by atoms with Crippen LogP contribution >= 0.6 is 0 Å². The van der Waals surface area contributed by atoms with Gasteiger partial charge in [0.25, 0.3) is 0 Å². The highest BCUT2D eigenvalue weighted by Crippen LogP contribution is 2.19. The SMILES string of the molecule is CCN(CC)c1ccc(NC(=O)CC2COC2)cc1. The first-order valence-corrected chi connectivity index (χ1v) is 6.95. The van der Waals surface area contributed by atoms with Gasteiger partial charge in [-0.25, -0.2) is 0 Å². The average Bonchev–Trinajstić information content (AvgIpc) is 2.37. The van der Waals surface area contributed by atoms with Crippen molar-refractivity contribution in [2.24, 2.45) is 5.92 Å². The van der Waals surface area contributed by atoms with Crippen LogP contribution in [0.5, 0.6) is 0 Å². The highest BCUT2D eigenvalue weighted by Gasteiger charge is 2.21. The molecule has 0 saturated carbocycles. The number of carbonyl (C=O) groups excluding carboxylic acids is 1. The summed E-state index contributed by atoms with van der Waals surface area (Å²) in [6.07, 6.45) is 0.553. The summed E-state index contributed by atoms with van der Waals surface area (Å²) in [4.78, 5) is 14.0. The maximum Gasteiger partial charge on any atom is 0.224 e. The van der Waals surface area contributed by atoms with Crippen LogP contribution in [0.3, 0.4) is 0 Å². The summed E-state index contributed by atoms with van der Waals surface area (Å²) in [5, 5.41) is 2.93. The molecule has 1 aromatic carbocycles. The lowest BCUT2D eigenvalue weighted by molar-refractivity contribution is -0.121. The van der Waals surface area contributed by atoms with Crippen LogP contribution in [-0.2, 0) is 9.53 Å². The highest BCUT2D eigenvalue weighted by molar-refractivity contribution is 5.91. The van der Waals surface area contributed by atoms with Crippen LogP contribution in [0.2, 0.25) is 0 Å². The van der Waals surface area contributed by atoms with Crippen molar-refractivity contribution in [3.05, 3.63) is 24.3 Å². The summed E-state index contributed by atoms with van der Waals surface area (Å²) in [6, 6.07) is 8.02. The van der Waals surface area contributed by atoms with E-state index in [4.69, 9.17) is 4.74 Å². The summed E-state index contributed by atoms with van der Waals surface area (Å²) in [6.45, 7) is 7.69. The molecule has 1 amide bonds. The fourth-order valence-corrected chi connectivity index (χ4v) is 2.22. The van der Waals surface area contributed by atoms with E-state index in [-0.39, 0.29) is 5.91 Å². The Balaban J connectivity index is 1.88. The monoisotopic (exact) mass is 262 g/mol. The van der Waals surface area contributed by atoms with Crippen LogP contribution < -0.4 is 10.2 Å². The molecule has 19 heavy (non-hydrogen) atoms. The number of nitrogens with zero attached hydrogens (tertiary/aromatic N) is 1. The molecular formula is C15H22N2O2. The topological polar surface area (TPSA) is 41.6 Å². The second-order valence-electron chi connectivity index (χ2n) is 4.87. The van der Waals surface area contributed by atoms with Gasteiger partial charge in [0.1, 0.15) is 0 Å². The molecule has 1 aliphatic heterocycles. The van der Waals surface area contributed by atoms with E-state index in [2.05, 4.69) is 36.2 Å². The third-order valence-corrected chi connectivity index (χ3v) is 3.46. The molecule has 1 aromatic rings. The number of rotatable bonds is 6. The summed E-state index contributed by atoms with van der Waals surface area (Å²) < 4.78 is 5.07. The van der Waals surface area contributed by atoms with Crippen LogP contribution in [0, 0.1) is 5.92 Å². The molecule has 1 saturated heterocycles. The van der Waals surface area contributed by atoms with E-state index in [1.807, 2.05) is 12.1 Å². The van der Waals surface area contributed by atoms with Gasteiger partial charge < -0.3 is 15.0 Å². The van der Waals surface area contributed by atoms with Crippen molar-refractivity contribution < 1.29 is 9.53 Å². The molecule has 0 spiro atoms. The fourth-order valence-electron chi connectivity index (χ4n) is 2.22. The number of carbonyl (C=O) groups is 1. The largest absolute Gasteiger partial charge is 0.381 e. The molecule has 0 atom stereocenters. The Bertz CT molecular complexity index is 409. The number of hydrogen-bond acceptors (Lipinski definition) is 3. The average molecular weight is 262 g/mol. The second-order valence-corrected chi connectivity index (χ2v) is 4.87. The molecule has 104 valence electrons. The first kappa shape index (κ1) is 13.9. The zero-order valence-electron chi connectivity index (χ0n) is 11.7. The summed E-state index contributed by atoms with van der Waals surface area (Å²) in [5.74, 6) is 0.471. The molecule has 0 radical (unpaired) electrons. The number of nitrogens with one attached hydrogen (secondary N) is 1. The van der Waals surface area contributed by atoms with Gasteiger partial charge in [0.05, 0.1) is 13.2 Å². The van der Waals surface area contributed by atoms with E-state index in [1.165, 1.54) is 5.69 Å². The minimum Gasteiger partial charge on any atom is -0.381 e. The molecule has 1 aliphatic rings. The van der Waals surface area contributed by atoms with Crippen molar-refractivity contribution in [1.29, 1.82) is 0 Å². The van der Waals surface area contributed by atoms with Crippen LogP contribution in [0.1, 0.15) is 20.3 Å². The first-order chi connectivity index (χ1) is 9.22. The molecule has 1 heterocycles. The molecule has 1 fully saturated rings. The van der Waals surface area contributed by atoms with E-state index in [9.17, 15) is 4.79 Å². The predicted octanol–water partition coefficient (Wildman–Crippen LogP) is 2.51. The molecule has 1 N–H and O–H groups in total. The van der Waals surface area contributed by atoms with Crippen molar-refractivity contribution in [1.82, 2.24) is 0 Å². The van der Waals surface area contributed by atoms with Gasteiger partial charge in [-0.15, -0.1) is 0 Å². The Morgan fingerprint density at radius 1 is 1.26 bits per heavy atom. The normalized spacial score (nSPS) is 14.8. The van der Waals surface area contributed by atoms with Gasteiger partial charge in [0.2, 0.25) is 5.91 Å². The Morgan fingerprint density at radius 3 is 2.37 bits per heavy atom. The number of hydrogen-bond donors (Lipinski definition) is 1. The maximum atomic E-state index is 11.8. The Morgan fingerprint density at radius 2 is 1.89 bits per heavy atom. The van der Waals surface area contributed by atoms with Crippen molar-refractivity contribution in [3.8, 4) is 0 Å². The Hall–Kier alpha value is -1.55. The van der Waals surface area contributed by atoms with Crippen LogP contribution in [0.4, 0.5) is 11.4 Å². The van der Waals surface area contributed by atoms with Crippen molar-refractivity contribution in [3.63, 3.8) is 0 Å². The molecule has 2 rings (SSSR count). The molecule has 0 aromatic heterocycles. The molecular weight excluding hydrogens is 240 g/mol. The van der Waals surface area contributed by atoms with Crippen molar-refractivity contribution in [2.75, 3.05) is 36.5 Å². The van der Waals surface area contributed by atoms with Gasteiger partial charge >= 0.3 is 0 Å². The van der Waals surface area contributed by atoms with Crippen LogP contribution in [0.25, 0.3) is 0 Å². The number of benzene rings is 1. The Labute approximate surface area is 114 Å². The zero-order chi connectivity index (χ0) is 13.7. The molecule has 0 aliphatic carbocycles. The minimum atomic E-state index is 0.0730. The summed E-state index contributed by atoms with van der Waals surface area (Å²) in [5.41, 5.74) is 2.05. The molecule has 0 unspecified atom stereocenters. The lowest BCUT2D eigenvalue weighted by Gasteiger charge is -2.25. The van der Waals surface area contributed by atoms with Gasteiger partial charge in [0, 0.05) is 36.8 Å². The van der Waals surface area contributed by atoms with Crippen molar-refractivity contribution in [2.45, 2.75) is 20.3 Å². The zero-order valence-corrected chi connectivity index (χ0v) is 11.7. The van der Waals surface area contributed by atoms with E-state index in [0.29, 0.717) is 25.6 Å². The third-order valence-electron chi connectivity index (χ3n) is 3.46. The number of anilines is 2. The van der Waals surface area contributed by atoms with Crippen molar-refractivity contribution >= 4 is 17.3 Å².